The minimum absolute atomic E-state index is 0.119. The van der Waals surface area contributed by atoms with Gasteiger partial charge in [0.05, 0.1) is 17.4 Å². The molecule has 14 heavy (non-hydrogen) atoms. The Morgan fingerprint density at radius 3 is 2.50 bits per heavy atom. The standard InChI is InChI=1S/C9H14ClN3O/c1-9(2,6-14)5-13-8-11-3-7(10)4-12-8/h3-4,14H,5-6H2,1-2H3,(H,11,12,13). The highest BCUT2D eigenvalue weighted by atomic mass is 35.5. The Morgan fingerprint density at radius 2 is 2.00 bits per heavy atom. The van der Waals surface area contributed by atoms with Gasteiger partial charge in [-0.25, -0.2) is 9.97 Å². The zero-order valence-corrected chi connectivity index (χ0v) is 9.04. The molecule has 0 radical (unpaired) electrons. The Bertz CT molecular complexity index is 287. The van der Waals surface area contributed by atoms with Gasteiger partial charge < -0.3 is 10.4 Å². The molecule has 0 atom stereocenters. The molecule has 1 rings (SSSR count). The fourth-order valence-corrected chi connectivity index (χ4v) is 0.875. The van der Waals surface area contributed by atoms with Gasteiger partial charge in [0.25, 0.3) is 0 Å². The van der Waals surface area contributed by atoms with Gasteiger partial charge in [0.1, 0.15) is 0 Å². The maximum atomic E-state index is 9.01. The summed E-state index contributed by atoms with van der Waals surface area (Å²) < 4.78 is 0. The van der Waals surface area contributed by atoms with Crippen LogP contribution >= 0.6 is 11.6 Å². The van der Waals surface area contributed by atoms with Crippen molar-refractivity contribution < 1.29 is 5.11 Å². The fraction of sp³-hybridized carbons (Fsp3) is 0.556. The third-order valence-corrected chi connectivity index (χ3v) is 1.97. The molecule has 5 heteroatoms. The third-order valence-electron chi connectivity index (χ3n) is 1.77. The predicted molar refractivity (Wildman–Crippen MR) is 56.4 cm³/mol. The molecule has 0 aliphatic carbocycles. The van der Waals surface area contributed by atoms with E-state index in [4.69, 9.17) is 16.7 Å². The molecule has 2 N–H and O–H groups in total. The number of anilines is 1. The summed E-state index contributed by atoms with van der Waals surface area (Å²) in [5.41, 5.74) is -0.178. The molecule has 1 aromatic rings. The molecule has 0 saturated carbocycles. The SMILES string of the molecule is CC(C)(CO)CNc1ncc(Cl)cn1. The summed E-state index contributed by atoms with van der Waals surface area (Å²) in [6, 6.07) is 0. The van der Waals surface area contributed by atoms with Gasteiger partial charge in [0.15, 0.2) is 0 Å². The van der Waals surface area contributed by atoms with Crippen molar-refractivity contribution in [1.29, 1.82) is 0 Å². The van der Waals surface area contributed by atoms with Gasteiger partial charge in [-0.1, -0.05) is 25.4 Å². The van der Waals surface area contributed by atoms with Crippen LogP contribution in [0.4, 0.5) is 5.95 Å². The van der Waals surface area contributed by atoms with Gasteiger partial charge in [-0.05, 0) is 0 Å². The summed E-state index contributed by atoms with van der Waals surface area (Å²) in [6.45, 7) is 4.64. The number of aliphatic hydroxyl groups excluding tert-OH is 1. The summed E-state index contributed by atoms with van der Waals surface area (Å²) in [6.07, 6.45) is 3.06. The third kappa shape index (κ3) is 3.47. The Morgan fingerprint density at radius 1 is 1.43 bits per heavy atom. The van der Waals surface area contributed by atoms with Crippen LogP contribution in [0, 0.1) is 5.41 Å². The van der Waals surface area contributed by atoms with Crippen LogP contribution in [0.3, 0.4) is 0 Å². The van der Waals surface area contributed by atoms with E-state index in [1.165, 1.54) is 12.4 Å². The first-order chi connectivity index (χ1) is 6.53. The van der Waals surface area contributed by atoms with Crippen molar-refractivity contribution in [3.05, 3.63) is 17.4 Å². The van der Waals surface area contributed by atoms with Crippen molar-refractivity contribution in [3.8, 4) is 0 Å². The summed E-state index contributed by atoms with van der Waals surface area (Å²) in [5.74, 6) is 0.524. The largest absolute Gasteiger partial charge is 0.396 e. The normalized spacial score (nSPS) is 11.4. The number of nitrogens with one attached hydrogen (secondary N) is 1. The van der Waals surface area contributed by atoms with Crippen molar-refractivity contribution in [1.82, 2.24) is 9.97 Å². The molecule has 78 valence electrons. The van der Waals surface area contributed by atoms with Crippen molar-refractivity contribution in [3.63, 3.8) is 0 Å². The van der Waals surface area contributed by atoms with E-state index < -0.39 is 0 Å². The number of hydrogen-bond acceptors (Lipinski definition) is 4. The van der Waals surface area contributed by atoms with E-state index in [0.29, 0.717) is 17.5 Å². The highest BCUT2D eigenvalue weighted by Crippen LogP contribution is 2.14. The molecule has 4 nitrogen and oxygen atoms in total. The second kappa shape index (κ2) is 4.57. The average Bonchev–Trinajstić information content (AvgIpc) is 2.17. The summed E-state index contributed by atoms with van der Waals surface area (Å²) >= 11 is 5.64. The number of aromatic nitrogens is 2. The number of nitrogens with zero attached hydrogens (tertiary/aromatic N) is 2. The minimum Gasteiger partial charge on any atom is -0.396 e. The van der Waals surface area contributed by atoms with Crippen molar-refractivity contribution in [2.24, 2.45) is 5.41 Å². The number of hydrogen-bond donors (Lipinski definition) is 2. The molecule has 0 aliphatic heterocycles. The van der Waals surface area contributed by atoms with Gasteiger partial charge in [-0.3, -0.25) is 0 Å². The van der Waals surface area contributed by atoms with E-state index in [-0.39, 0.29) is 12.0 Å². The molecule has 1 aromatic heterocycles. The van der Waals surface area contributed by atoms with Gasteiger partial charge >= 0.3 is 0 Å². The molecule has 0 aliphatic rings. The fourth-order valence-electron chi connectivity index (χ4n) is 0.778. The van der Waals surface area contributed by atoms with Gasteiger partial charge in [-0.15, -0.1) is 0 Å². The topological polar surface area (TPSA) is 58.0 Å². The highest BCUT2D eigenvalue weighted by molar-refractivity contribution is 6.30. The van der Waals surface area contributed by atoms with Gasteiger partial charge in [-0.2, -0.15) is 0 Å². The van der Waals surface area contributed by atoms with Crippen molar-refractivity contribution in [2.75, 3.05) is 18.5 Å². The minimum atomic E-state index is -0.178. The molecule has 1 heterocycles. The zero-order chi connectivity index (χ0) is 10.6. The van der Waals surface area contributed by atoms with E-state index in [0.717, 1.165) is 0 Å². The second-order valence-corrected chi connectivity index (χ2v) is 4.34. The van der Waals surface area contributed by atoms with Crippen LogP contribution in [0.25, 0.3) is 0 Å². The van der Waals surface area contributed by atoms with Crippen molar-refractivity contribution >= 4 is 17.5 Å². The quantitative estimate of drug-likeness (QED) is 0.801. The first-order valence-electron chi connectivity index (χ1n) is 4.36. The lowest BCUT2D eigenvalue weighted by atomic mass is 9.95. The van der Waals surface area contributed by atoms with E-state index in [1.54, 1.807) is 0 Å². The van der Waals surface area contributed by atoms with Crippen LogP contribution in [0.1, 0.15) is 13.8 Å². The Balaban J connectivity index is 2.50. The second-order valence-electron chi connectivity index (χ2n) is 3.90. The molecule has 0 spiro atoms. The summed E-state index contributed by atoms with van der Waals surface area (Å²) in [5, 5.41) is 12.5. The average molecular weight is 216 g/mol. The maximum absolute atomic E-state index is 9.01. The molecule has 0 fully saturated rings. The van der Waals surface area contributed by atoms with Crippen LogP contribution in [-0.2, 0) is 0 Å². The monoisotopic (exact) mass is 215 g/mol. The maximum Gasteiger partial charge on any atom is 0.222 e. The molecule has 0 bridgehead atoms. The lowest BCUT2D eigenvalue weighted by Gasteiger charge is -2.21. The molecular formula is C9H14ClN3O. The van der Waals surface area contributed by atoms with Crippen LogP contribution in [0.2, 0.25) is 5.02 Å². The first-order valence-corrected chi connectivity index (χ1v) is 4.73. The number of aliphatic hydroxyl groups is 1. The first kappa shape index (κ1) is 11.2. The Kier molecular flexibility index (Phi) is 3.66. The molecular weight excluding hydrogens is 202 g/mol. The number of rotatable bonds is 4. The van der Waals surface area contributed by atoms with Crippen LogP contribution in [0.5, 0.6) is 0 Å². The Labute approximate surface area is 88.3 Å². The van der Waals surface area contributed by atoms with E-state index in [1.807, 2.05) is 13.8 Å². The lowest BCUT2D eigenvalue weighted by molar-refractivity contribution is 0.170. The van der Waals surface area contributed by atoms with Crippen molar-refractivity contribution in [2.45, 2.75) is 13.8 Å². The molecule has 0 amide bonds. The summed E-state index contributed by atoms with van der Waals surface area (Å²) in [7, 11) is 0. The smallest absolute Gasteiger partial charge is 0.222 e. The van der Waals surface area contributed by atoms with Crippen LogP contribution < -0.4 is 5.32 Å². The zero-order valence-electron chi connectivity index (χ0n) is 8.29. The van der Waals surface area contributed by atoms with Crippen LogP contribution in [0.15, 0.2) is 12.4 Å². The van der Waals surface area contributed by atoms with Gasteiger partial charge in [0, 0.05) is 18.6 Å². The molecule has 0 unspecified atom stereocenters. The Hall–Kier alpha value is -0.870. The highest BCUT2D eigenvalue weighted by Gasteiger charge is 2.16. The van der Waals surface area contributed by atoms with Gasteiger partial charge in [0.2, 0.25) is 5.95 Å². The lowest BCUT2D eigenvalue weighted by Crippen LogP contribution is -2.27. The molecule has 0 aromatic carbocycles. The predicted octanol–water partition coefficient (Wildman–Crippen LogP) is 1.56. The van der Waals surface area contributed by atoms with E-state index in [2.05, 4.69) is 15.3 Å². The van der Waals surface area contributed by atoms with E-state index >= 15 is 0 Å². The van der Waals surface area contributed by atoms with Crippen LogP contribution in [-0.4, -0.2) is 28.2 Å². The summed E-state index contributed by atoms with van der Waals surface area (Å²) in [4.78, 5) is 7.96. The van der Waals surface area contributed by atoms with E-state index in [9.17, 15) is 0 Å². The number of halogens is 1. The molecule has 0 saturated heterocycles.